The van der Waals surface area contributed by atoms with E-state index in [0.29, 0.717) is 0 Å². The van der Waals surface area contributed by atoms with E-state index in [1.54, 1.807) is 0 Å². The molecular weight excluding hydrogens is 184 g/mol. The van der Waals surface area contributed by atoms with Crippen molar-refractivity contribution in [3.05, 3.63) is 0 Å². The number of hydrogen-bond acceptors (Lipinski definition) is 2. The van der Waals surface area contributed by atoms with Crippen LogP contribution in [-0.2, 0) is 0 Å². The second kappa shape index (κ2) is 10.4. The zero-order valence-electron chi connectivity index (χ0n) is 11.0. The number of rotatable bonds is 10. The average Bonchev–Trinajstić information content (AvgIpc) is 2.28. The summed E-state index contributed by atoms with van der Waals surface area (Å²) < 4.78 is 0. The molecule has 0 aliphatic heterocycles. The molecule has 0 saturated carbocycles. The molecule has 0 amide bonds. The van der Waals surface area contributed by atoms with Crippen molar-refractivity contribution in [3.8, 4) is 0 Å². The standard InChI is InChI=1S/C13H30N2/c1-4-7-9-13(5-2)12-15(6-3)11-8-10-14/h13H,4-12,14H2,1-3H3. The molecule has 1 unspecified atom stereocenters. The van der Waals surface area contributed by atoms with Gasteiger partial charge >= 0.3 is 0 Å². The van der Waals surface area contributed by atoms with Gasteiger partial charge in [0.25, 0.3) is 0 Å². The summed E-state index contributed by atoms with van der Waals surface area (Å²) in [5.74, 6) is 0.891. The number of nitrogens with zero attached hydrogens (tertiary/aromatic N) is 1. The highest BCUT2D eigenvalue weighted by atomic mass is 15.1. The fraction of sp³-hybridized carbons (Fsp3) is 1.00. The first kappa shape index (κ1) is 14.9. The second-order valence-electron chi connectivity index (χ2n) is 4.45. The Morgan fingerprint density at radius 2 is 1.87 bits per heavy atom. The molecule has 2 N–H and O–H groups in total. The zero-order chi connectivity index (χ0) is 11.5. The third-order valence-electron chi connectivity index (χ3n) is 3.19. The van der Waals surface area contributed by atoms with Crippen molar-refractivity contribution >= 4 is 0 Å². The van der Waals surface area contributed by atoms with E-state index in [-0.39, 0.29) is 0 Å². The minimum atomic E-state index is 0.822. The molecule has 92 valence electrons. The second-order valence-corrected chi connectivity index (χ2v) is 4.45. The maximum absolute atomic E-state index is 5.55. The Bertz CT molecular complexity index is 112. The first-order valence-electron chi connectivity index (χ1n) is 6.70. The summed E-state index contributed by atoms with van der Waals surface area (Å²) in [7, 11) is 0. The lowest BCUT2D eigenvalue weighted by Crippen LogP contribution is -2.31. The van der Waals surface area contributed by atoms with Crippen LogP contribution in [0.2, 0.25) is 0 Å². The van der Waals surface area contributed by atoms with Gasteiger partial charge in [0.1, 0.15) is 0 Å². The molecule has 0 fully saturated rings. The molecule has 1 atom stereocenters. The van der Waals surface area contributed by atoms with Gasteiger partial charge in [0.15, 0.2) is 0 Å². The molecule has 0 aromatic carbocycles. The molecule has 0 aromatic rings. The van der Waals surface area contributed by atoms with Crippen LogP contribution in [-0.4, -0.2) is 31.1 Å². The van der Waals surface area contributed by atoms with Gasteiger partial charge in [0, 0.05) is 6.54 Å². The van der Waals surface area contributed by atoms with Gasteiger partial charge in [-0.2, -0.15) is 0 Å². The molecule has 0 spiro atoms. The van der Waals surface area contributed by atoms with Crippen LogP contribution in [0.5, 0.6) is 0 Å². The maximum Gasteiger partial charge on any atom is 0.000945 e. The summed E-state index contributed by atoms with van der Waals surface area (Å²) in [6.07, 6.45) is 6.56. The van der Waals surface area contributed by atoms with Gasteiger partial charge in [-0.1, -0.05) is 40.0 Å². The van der Waals surface area contributed by atoms with Crippen LogP contribution in [0, 0.1) is 5.92 Å². The lowest BCUT2D eigenvalue weighted by Gasteiger charge is -2.25. The molecule has 0 aromatic heterocycles. The highest BCUT2D eigenvalue weighted by Gasteiger charge is 2.10. The van der Waals surface area contributed by atoms with E-state index in [0.717, 1.165) is 18.9 Å². The molecule has 0 aliphatic rings. The molecule has 0 bridgehead atoms. The van der Waals surface area contributed by atoms with Crippen molar-refractivity contribution in [3.63, 3.8) is 0 Å². The fourth-order valence-electron chi connectivity index (χ4n) is 1.98. The van der Waals surface area contributed by atoms with Gasteiger partial charge in [-0.25, -0.2) is 0 Å². The van der Waals surface area contributed by atoms with Gasteiger partial charge < -0.3 is 10.6 Å². The summed E-state index contributed by atoms with van der Waals surface area (Å²) in [6, 6.07) is 0. The van der Waals surface area contributed by atoms with Gasteiger partial charge in [0.05, 0.1) is 0 Å². The highest BCUT2D eigenvalue weighted by molar-refractivity contribution is 4.64. The zero-order valence-corrected chi connectivity index (χ0v) is 11.0. The summed E-state index contributed by atoms with van der Waals surface area (Å²) in [4.78, 5) is 2.55. The molecule has 0 aliphatic carbocycles. The quantitative estimate of drug-likeness (QED) is 0.606. The Labute approximate surface area is 96.2 Å². The van der Waals surface area contributed by atoms with Crippen molar-refractivity contribution in [1.82, 2.24) is 4.90 Å². The third kappa shape index (κ3) is 7.80. The Morgan fingerprint density at radius 3 is 2.33 bits per heavy atom. The van der Waals surface area contributed by atoms with Crippen molar-refractivity contribution < 1.29 is 0 Å². The normalized spacial score (nSPS) is 13.4. The number of nitrogens with two attached hydrogens (primary N) is 1. The Morgan fingerprint density at radius 1 is 1.13 bits per heavy atom. The fourth-order valence-corrected chi connectivity index (χ4v) is 1.98. The molecule has 0 rings (SSSR count). The van der Waals surface area contributed by atoms with E-state index >= 15 is 0 Å². The Kier molecular flexibility index (Phi) is 10.4. The van der Waals surface area contributed by atoms with Crippen LogP contribution in [0.15, 0.2) is 0 Å². The van der Waals surface area contributed by atoms with E-state index in [1.165, 1.54) is 45.3 Å². The minimum absolute atomic E-state index is 0.822. The van der Waals surface area contributed by atoms with Gasteiger partial charge in [0.2, 0.25) is 0 Å². The lowest BCUT2D eigenvalue weighted by molar-refractivity contribution is 0.227. The van der Waals surface area contributed by atoms with Crippen LogP contribution >= 0.6 is 0 Å². The van der Waals surface area contributed by atoms with E-state index in [9.17, 15) is 0 Å². The van der Waals surface area contributed by atoms with Crippen LogP contribution in [0.4, 0.5) is 0 Å². The minimum Gasteiger partial charge on any atom is -0.330 e. The van der Waals surface area contributed by atoms with Gasteiger partial charge in [-0.05, 0) is 38.4 Å². The van der Waals surface area contributed by atoms with Crippen molar-refractivity contribution in [2.24, 2.45) is 11.7 Å². The molecule has 15 heavy (non-hydrogen) atoms. The average molecular weight is 214 g/mol. The number of hydrogen-bond donors (Lipinski definition) is 1. The number of unbranched alkanes of at least 4 members (excludes halogenated alkanes) is 1. The van der Waals surface area contributed by atoms with E-state index < -0.39 is 0 Å². The summed E-state index contributed by atoms with van der Waals surface area (Å²) >= 11 is 0. The first-order chi connectivity index (χ1) is 7.28. The van der Waals surface area contributed by atoms with Crippen molar-refractivity contribution in [1.29, 1.82) is 0 Å². The van der Waals surface area contributed by atoms with Crippen molar-refractivity contribution in [2.45, 2.75) is 52.9 Å². The van der Waals surface area contributed by atoms with Crippen LogP contribution in [0.25, 0.3) is 0 Å². The van der Waals surface area contributed by atoms with E-state index in [4.69, 9.17) is 5.73 Å². The predicted molar refractivity (Wildman–Crippen MR) is 69.1 cm³/mol. The topological polar surface area (TPSA) is 29.3 Å². The monoisotopic (exact) mass is 214 g/mol. The van der Waals surface area contributed by atoms with Crippen molar-refractivity contribution in [2.75, 3.05) is 26.2 Å². The van der Waals surface area contributed by atoms with E-state index in [2.05, 4.69) is 25.7 Å². The molecule has 2 heteroatoms. The van der Waals surface area contributed by atoms with E-state index in [1.807, 2.05) is 0 Å². The molecule has 0 heterocycles. The SMILES string of the molecule is CCCCC(CC)CN(CC)CCCN. The largest absolute Gasteiger partial charge is 0.330 e. The molecule has 0 radical (unpaired) electrons. The first-order valence-corrected chi connectivity index (χ1v) is 6.70. The molecule has 0 saturated heterocycles. The highest BCUT2D eigenvalue weighted by Crippen LogP contribution is 2.14. The summed E-state index contributed by atoms with van der Waals surface area (Å²) in [6.45, 7) is 11.3. The third-order valence-corrected chi connectivity index (χ3v) is 3.19. The Hall–Kier alpha value is -0.0800. The lowest BCUT2D eigenvalue weighted by atomic mass is 9.98. The van der Waals surface area contributed by atoms with Crippen LogP contribution in [0.3, 0.4) is 0 Å². The Balaban J connectivity index is 3.77. The van der Waals surface area contributed by atoms with Crippen LogP contribution < -0.4 is 5.73 Å². The smallest absolute Gasteiger partial charge is 0.000945 e. The predicted octanol–water partition coefficient (Wildman–Crippen LogP) is 2.87. The van der Waals surface area contributed by atoms with Crippen LogP contribution in [0.1, 0.15) is 52.9 Å². The molecule has 2 nitrogen and oxygen atoms in total. The summed E-state index contributed by atoms with van der Waals surface area (Å²) in [5.41, 5.74) is 5.55. The summed E-state index contributed by atoms with van der Waals surface area (Å²) in [5, 5.41) is 0. The molecular formula is C13H30N2. The maximum atomic E-state index is 5.55. The van der Waals surface area contributed by atoms with Gasteiger partial charge in [-0.3, -0.25) is 0 Å². The van der Waals surface area contributed by atoms with Gasteiger partial charge in [-0.15, -0.1) is 0 Å².